The Morgan fingerprint density at radius 2 is 2.11 bits per heavy atom. The first-order valence-electron chi connectivity index (χ1n) is 5.38. The van der Waals surface area contributed by atoms with E-state index < -0.39 is 0 Å². The van der Waals surface area contributed by atoms with E-state index in [4.69, 9.17) is 5.73 Å². The van der Waals surface area contributed by atoms with Gasteiger partial charge in [0.2, 0.25) is 0 Å². The fourth-order valence-corrected chi connectivity index (χ4v) is 2.42. The van der Waals surface area contributed by atoms with Crippen LogP contribution in [0, 0.1) is 10.5 Å². The molecule has 0 aliphatic carbocycles. The van der Waals surface area contributed by atoms with Crippen molar-refractivity contribution in [3.05, 3.63) is 33.7 Å². The Hall–Kier alpha value is -1.70. The Balaban J connectivity index is 2.26. The zero-order chi connectivity index (χ0) is 12.7. The Kier molecular flexibility index (Phi) is 2.66. The van der Waals surface area contributed by atoms with Gasteiger partial charge in [-0.1, -0.05) is 18.2 Å². The second kappa shape index (κ2) is 4.20. The van der Waals surface area contributed by atoms with Crippen LogP contribution in [0.15, 0.2) is 24.5 Å². The quantitative estimate of drug-likeness (QED) is 0.661. The van der Waals surface area contributed by atoms with Gasteiger partial charge >= 0.3 is 0 Å². The molecule has 0 aliphatic rings. The number of anilines is 1. The van der Waals surface area contributed by atoms with Crippen molar-refractivity contribution < 1.29 is 0 Å². The van der Waals surface area contributed by atoms with Crippen LogP contribution in [0.1, 0.15) is 5.56 Å². The summed E-state index contributed by atoms with van der Waals surface area (Å²) in [5.74, 6) is 1.19. The number of nitrogen functional groups attached to an aromatic ring is 1. The summed E-state index contributed by atoms with van der Waals surface area (Å²) in [6.07, 6.45) is 1.42. The molecule has 0 radical (unpaired) electrons. The molecule has 2 heterocycles. The highest BCUT2D eigenvalue weighted by molar-refractivity contribution is 14.1. The molecule has 2 aromatic heterocycles. The van der Waals surface area contributed by atoms with Crippen LogP contribution in [0.2, 0.25) is 0 Å². The maximum Gasteiger partial charge on any atom is 0.183 e. The first-order chi connectivity index (χ1) is 8.66. The van der Waals surface area contributed by atoms with E-state index in [0.717, 1.165) is 11.4 Å². The number of aryl methyl sites for hydroxylation is 1. The van der Waals surface area contributed by atoms with Gasteiger partial charge in [0.25, 0.3) is 0 Å². The molecule has 6 heteroatoms. The van der Waals surface area contributed by atoms with E-state index in [9.17, 15) is 0 Å². The van der Waals surface area contributed by atoms with E-state index in [2.05, 4.69) is 55.5 Å². The number of halogens is 1. The van der Waals surface area contributed by atoms with E-state index in [1.54, 1.807) is 0 Å². The molecule has 0 amide bonds. The van der Waals surface area contributed by atoms with Gasteiger partial charge in [-0.25, -0.2) is 15.0 Å². The maximum absolute atomic E-state index is 5.79. The lowest BCUT2D eigenvalue weighted by Crippen LogP contribution is -1.91. The standard InChI is InChI=1S/C12H10IN5/c1-6-3-2-4-7(8(6)13)11-17-9-10(14)15-5-16-12(9)18-11/h2-5H,1H3,(H3,14,15,16,17,18). The number of imidazole rings is 1. The van der Waals surface area contributed by atoms with Crippen LogP contribution in [0.3, 0.4) is 0 Å². The smallest absolute Gasteiger partial charge is 0.183 e. The zero-order valence-corrected chi connectivity index (χ0v) is 11.8. The predicted octanol–water partition coefficient (Wildman–Crippen LogP) is 2.52. The number of nitrogens with one attached hydrogen (secondary N) is 1. The number of benzene rings is 1. The molecule has 3 aromatic rings. The fraction of sp³-hybridized carbons (Fsp3) is 0.0833. The first-order valence-corrected chi connectivity index (χ1v) is 6.46. The minimum absolute atomic E-state index is 0.418. The van der Waals surface area contributed by atoms with Crippen LogP contribution in [0.4, 0.5) is 5.82 Å². The van der Waals surface area contributed by atoms with Gasteiger partial charge < -0.3 is 10.7 Å². The molecule has 0 saturated heterocycles. The van der Waals surface area contributed by atoms with Gasteiger partial charge in [-0.15, -0.1) is 0 Å². The Morgan fingerprint density at radius 1 is 1.28 bits per heavy atom. The van der Waals surface area contributed by atoms with E-state index in [0.29, 0.717) is 17.0 Å². The van der Waals surface area contributed by atoms with Crippen molar-refractivity contribution in [3.63, 3.8) is 0 Å². The van der Waals surface area contributed by atoms with Crippen LogP contribution in [0.5, 0.6) is 0 Å². The molecule has 0 bridgehead atoms. The molecule has 5 nitrogen and oxygen atoms in total. The number of aromatic amines is 1. The third-order valence-corrected chi connectivity index (χ3v) is 4.20. The predicted molar refractivity (Wildman–Crippen MR) is 79.0 cm³/mol. The number of hydrogen-bond donors (Lipinski definition) is 2. The van der Waals surface area contributed by atoms with Gasteiger partial charge in [0.15, 0.2) is 11.5 Å². The molecule has 0 saturated carbocycles. The minimum atomic E-state index is 0.418. The normalized spacial score (nSPS) is 11.0. The Morgan fingerprint density at radius 3 is 2.89 bits per heavy atom. The number of fused-ring (bicyclic) bond motifs is 1. The van der Waals surface area contributed by atoms with Crippen molar-refractivity contribution in [2.24, 2.45) is 0 Å². The van der Waals surface area contributed by atoms with Gasteiger partial charge in [0, 0.05) is 9.13 Å². The van der Waals surface area contributed by atoms with Crippen LogP contribution in [-0.4, -0.2) is 19.9 Å². The van der Waals surface area contributed by atoms with Gasteiger partial charge in [0.1, 0.15) is 17.7 Å². The number of nitrogens with two attached hydrogens (primary N) is 1. The zero-order valence-electron chi connectivity index (χ0n) is 9.61. The molecule has 90 valence electrons. The summed E-state index contributed by atoms with van der Waals surface area (Å²) in [5.41, 5.74) is 9.33. The number of hydrogen-bond acceptors (Lipinski definition) is 4. The van der Waals surface area contributed by atoms with E-state index in [1.165, 1.54) is 15.5 Å². The second-order valence-electron chi connectivity index (χ2n) is 3.98. The lowest BCUT2D eigenvalue weighted by Gasteiger charge is -2.03. The monoisotopic (exact) mass is 351 g/mol. The van der Waals surface area contributed by atoms with Crippen LogP contribution >= 0.6 is 22.6 Å². The molecule has 0 fully saturated rings. The Labute approximate surface area is 117 Å². The number of nitrogens with zero attached hydrogens (tertiary/aromatic N) is 3. The van der Waals surface area contributed by atoms with Gasteiger partial charge in [-0.2, -0.15) is 0 Å². The van der Waals surface area contributed by atoms with Crippen LogP contribution in [0.25, 0.3) is 22.6 Å². The third-order valence-electron chi connectivity index (χ3n) is 2.76. The van der Waals surface area contributed by atoms with Crippen molar-refractivity contribution in [2.75, 3.05) is 5.73 Å². The fourth-order valence-electron chi connectivity index (χ4n) is 1.80. The second-order valence-corrected chi connectivity index (χ2v) is 5.06. The first kappa shape index (κ1) is 11.4. The van der Waals surface area contributed by atoms with Crippen molar-refractivity contribution in [1.82, 2.24) is 19.9 Å². The van der Waals surface area contributed by atoms with Crippen molar-refractivity contribution >= 4 is 39.6 Å². The maximum atomic E-state index is 5.79. The van der Waals surface area contributed by atoms with E-state index in [1.807, 2.05) is 12.1 Å². The summed E-state index contributed by atoms with van der Waals surface area (Å²) >= 11 is 2.31. The lowest BCUT2D eigenvalue weighted by atomic mass is 10.1. The van der Waals surface area contributed by atoms with Crippen LogP contribution in [-0.2, 0) is 0 Å². The number of aromatic nitrogens is 4. The lowest BCUT2D eigenvalue weighted by molar-refractivity contribution is 1.21. The molecule has 1 aromatic carbocycles. The molecule has 0 spiro atoms. The molecule has 0 unspecified atom stereocenters. The highest BCUT2D eigenvalue weighted by atomic mass is 127. The van der Waals surface area contributed by atoms with Gasteiger partial charge in [-0.3, -0.25) is 0 Å². The summed E-state index contributed by atoms with van der Waals surface area (Å²) in [5, 5.41) is 0. The summed E-state index contributed by atoms with van der Waals surface area (Å²) < 4.78 is 1.17. The largest absolute Gasteiger partial charge is 0.382 e. The molecule has 0 aliphatic heterocycles. The van der Waals surface area contributed by atoms with Crippen molar-refractivity contribution in [1.29, 1.82) is 0 Å². The highest BCUT2D eigenvalue weighted by Crippen LogP contribution is 2.27. The van der Waals surface area contributed by atoms with E-state index >= 15 is 0 Å². The number of H-pyrrole nitrogens is 1. The third kappa shape index (κ3) is 1.72. The van der Waals surface area contributed by atoms with Crippen molar-refractivity contribution in [3.8, 4) is 11.4 Å². The van der Waals surface area contributed by atoms with Gasteiger partial charge in [-0.05, 0) is 35.1 Å². The summed E-state index contributed by atoms with van der Waals surface area (Å²) in [6.45, 7) is 2.07. The average molecular weight is 351 g/mol. The Bertz CT molecular complexity index is 734. The molecule has 3 rings (SSSR count). The van der Waals surface area contributed by atoms with Gasteiger partial charge in [0.05, 0.1) is 0 Å². The summed E-state index contributed by atoms with van der Waals surface area (Å²) in [6, 6.07) is 6.10. The SMILES string of the molecule is Cc1cccc(-c2nc3ncnc(N)c3[nH]2)c1I. The molecule has 3 N–H and O–H groups in total. The summed E-state index contributed by atoms with van der Waals surface area (Å²) in [4.78, 5) is 15.7. The van der Waals surface area contributed by atoms with E-state index in [-0.39, 0.29) is 0 Å². The van der Waals surface area contributed by atoms with Crippen LogP contribution < -0.4 is 5.73 Å². The minimum Gasteiger partial charge on any atom is -0.382 e. The van der Waals surface area contributed by atoms with Crippen molar-refractivity contribution in [2.45, 2.75) is 6.92 Å². The topological polar surface area (TPSA) is 80.5 Å². The number of rotatable bonds is 1. The average Bonchev–Trinajstić information content (AvgIpc) is 2.78. The molecule has 18 heavy (non-hydrogen) atoms. The molecular formula is C12H10IN5. The highest BCUT2D eigenvalue weighted by Gasteiger charge is 2.12. The molecular weight excluding hydrogens is 341 g/mol. The molecule has 0 atom stereocenters. The summed E-state index contributed by atoms with van der Waals surface area (Å²) in [7, 11) is 0.